The lowest BCUT2D eigenvalue weighted by Gasteiger charge is -2.33. The number of thiophene rings is 1. The highest BCUT2D eigenvalue weighted by Gasteiger charge is 2.31. The Morgan fingerprint density at radius 1 is 1.06 bits per heavy atom. The lowest BCUT2D eigenvalue weighted by atomic mass is 9.72. The Labute approximate surface area is 114 Å². The average Bonchev–Trinajstić information content (AvgIpc) is 2.82. The Hall–Kier alpha value is -1.08. The van der Waals surface area contributed by atoms with Crippen molar-refractivity contribution in [3.8, 4) is 0 Å². The molecule has 3 rings (SSSR count). The van der Waals surface area contributed by atoms with Crippen LogP contribution in [0.3, 0.4) is 0 Å². The van der Waals surface area contributed by atoms with E-state index in [0.717, 1.165) is 6.42 Å². The monoisotopic (exact) mass is 256 g/mol. The third-order valence-corrected chi connectivity index (χ3v) is 5.37. The fourth-order valence-corrected chi connectivity index (χ4v) is 4.01. The highest BCUT2D eigenvalue weighted by molar-refractivity contribution is 7.10. The van der Waals surface area contributed by atoms with Crippen LogP contribution in [-0.4, -0.2) is 0 Å². The third-order valence-electron chi connectivity index (χ3n) is 4.43. The molecule has 1 aliphatic carbocycles. The second-order valence-electron chi connectivity index (χ2n) is 5.76. The van der Waals surface area contributed by atoms with Gasteiger partial charge in [-0.25, -0.2) is 0 Å². The molecule has 1 heterocycles. The quantitative estimate of drug-likeness (QED) is 0.703. The second kappa shape index (κ2) is 4.55. The topological polar surface area (TPSA) is 0 Å². The van der Waals surface area contributed by atoms with Gasteiger partial charge in [-0.1, -0.05) is 45.0 Å². The van der Waals surface area contributed by atoms with Gasteiger partial charge in [0, 0.05) is 17.2 Å². The summed E-state index contributed by atoms with van der Waals surface area (Å²) in [6, 6.07) is 11.3. The van der Waals surface area contributed by atoms with E-state index >= 15 is 0 Å². The first-order valence-electron chi connectivity index (χ1n) is 6.82. The predicted molar refractivity (Wildman–Crippen MR) is 79.4 cm³/mol. The first-order chi connectivity index (χ1) is 8.68. The molecule has 0 amide bonds. The van der Waals surface area contributed by atoms with E-state index in [1.54, 1.807) is 16.0 Å². The third kappa shape index (κ3) is 1.81. The molecule has 2 aromatic rings. The molecule has 0 spiro atoms. The van der Waals surface area contributed by atoms with E-state index in [1.807, 2.05) is 11.3 Å². The van der Waals surface area contributed by atoms with E-state index in [1.165, 1.54) is 5.56 Å². The summed E-state index contributed by atoms with van der Waals surface area (Å²) in [6.45, 7) is 7.08. The van der Waals surface area contributed by atoms with Crippen molar-refractivity contribution in [1.29, 1.82) is 0 Å². The minimum atomic E-state index is 0.594. The van der Waals surface area contributed by atoms with Crippen molar-refractivity contribution in [3.05, 3.63) is 57.3 Å². The molecule has 0 radical (unpaired) electrons. The van der Waals surface area contributed by atoms with E-state index < -0.39 is 0 Å². The van der Waals surface area contributed by atoms with E-state index in [4.69, 9.17) is 0 Å². The molecular weight excluding hydrogens is 236 g/mol. The average molecular weight is 256 g/mol. The van der Waals surface area contributed by atoms with Gasteiger partial charge in [-0.3, -0.25) is 0 Å². The summed E-state index contributed by atoms with van der Waals surface area (Å²) in [5.41, 5.74) is 4.68. The molecule has 0 nitrogen and oxygen atoms in total. The van der Waals surface area contributed by atoms with Crippen LogP contribution < -0.4 is 0 Å². The zero-order valence-electron chi connectivity index (χ0n) is 11.3. The van der Waals surface area contributed by atoms with E-state index in [0.29, 0.717) is 17.8 Å². The van der Waals surface area contributed by atoms with E-state index in [2.05, 4.69) is 56.5 Å². The molecule has 1 aromatic heterocycles. The lowest BCUT2D eigenvalue weighted by molar-refractivity contribution is 0.374. The molecule has 0 aliphatic heterocycles. The molecule has 94 valence electrons. The van der Waals surface area contributed by atoms with Crippen molar-refractivity contribution in [2.75, 3.05) is 0 Å². The van der Waals surface area contributed by atoms with Crippen LogP contribution >= 0.6 is 11.3 Å². The van der Waals surface area contributed by atoms with Gasteiger partial charge in [0.05, 0.1) is 0 Å². The summed E-state index contributed by atoms with van der Waals surface area (Å²) in [5.74, 6) is 2.00. The molecule has 0 saturated heterocycles. The van der Waals surface area contributed by atoms with Crippen molar-refractivity contribution in [1.82, 2.24) is 0 Å². The molecule has 1 aromatic carbocycles. The Balaban J connectivity index is 2.14. The van der Waals surface area contributed by atoms with Gasteiger partial charge in [0.25, 0.3) is 0 Å². The van der Waals surface area contributed by atoms with Crippen LogP contribution in [0.2, 0.25) is 0 Å². The van der Waals surface area contributed by atoms with E-state index in [-0.39, 0.29) is 0 Å². The first kappa shape index (κ1) is 12.0. The fourth-order valence-electron chi connectivity index (χ4n) is 3.06. The number of benzene rings is 1. The maximum absolute atomic E-state index is 2.40. The van der Waals surface area contributed by atoms with Crippen molar-refractivity contribution in [3.63, 3.8) is 0 Å². The van der Waals surface area contributed by atoms with Crippen LogP contribution in [0.15, 0.2) is 35.7 Å². The minimum absolute atomic E-state index is 0.594. The molecule has 0 saturated carbocycles. The number of fused-ring (bicyclic) bond motifs is 2. The van der Waals surface area contributed by atoms with Crippen molar-refractivity contribution in [2.24, 2.45) is 11.8 Å². The Kier molecular flexibility index (Phi) is 3.03. The number of hydrogen-bond acceptors (Lipinski definition) is 1. The number of rotatable bonds is 2. The molecule has 0 N–H and O–H groups in total. The Morgan fingerprint density at radius 3 is 2.61 bits per heavy atom. The Morgan fingerprint density at radius 2 is 1.83 bits per heavy atom. The van der Waals surface area contributed by atoms with Crippen LogP contribution in [-0.2, 0) is 6.42 Å². The smallest absolute Gasteiger partial charge is 0.0131 e. The predicted octanol–water partition coefficient (Wildman–Crippen LogP) is 5.08. The molecular formula is C17H20S. The van der Waals surface area contributed by atoms with Crippen LogP contribution in [0.25, 0.3) is 0 Å². The second-order valence-corrected chi connectivity index (χ2v) is 6.76. The molecule has 2 atom stereocenters. The summed E-state index contributed by atoms with van der Waals surface area (Å²) in [7, 11) is 0. The first-order valence-corrected chi connectivity index (χ1v) is 7.70. The van der Waals surface area contributed by atoms with Crippen molar-refractivity contribution < 1.29 is 0 Å². The van der Waals surface area contributed by atoms with Crippen molar-refractivity contribution >= 4 is 11.3 Å². The maximum Gasteiger partial charge on any atom is 0.0131 e. The summed E-state index contributed by atoms with van der Waals surface area (Å²) in [6.07, 6.45) is 1.13. The number of hydrogen-bond donors (Lipinski definition) is 0. The van der Waals surface area contributed by atoms with Crippen LogP contribution in [0.4, 0.5) is 0 Å². The molecule has 2 unspecified atom stereocenters. The molecule has 0 fully saturated rings. The summed E-state index contributed by atoms with van der Waals surface area (Å²) < 4.78 is 0. The van der Waals surface area contributed by atoms with Gasteiger partial charge < -0.3 is 0 Å². The van der Waals surface area contributed by atoms with Gasteiger partial charge in [-0.15, -0.1) is 11.3 Å². The SMILES string of the molecule is CC(C)C(C)C1c2ccccc2Cc2sccc21. The van der Waals surface area contributed by atoms with Gasteiger partial charge in [-0.05, 0) is 40.0 Å². The van der Waals surface area contributed by atoms with Gasteiger partial charge >= 0.3 is 0 Å². The lowest BCUT2D eigenvalue weighted by Crippen LogP contribution is -2.21. The molecule has 18 heavy (non-hydrogen) atoms. The van der Waals surface area contributed by atoms with Gasteiger partial charge in [-0.2, -0.15) is 0 Å². The van der Waals surface area contributed by atoms with Gasteiger partial charge in [0.1, 0.15) is 0 Å². The zero-order valence-corrected chi connectivity index (χ0v) is 12.1. The Bertz CT molecular complexity index is 550. The molecule has 1 aliphatic rings. The van der Waals surface area contributed by atoms with Crippen LogP contribution in [0.1, 0.15) is 48.3 Å². The summed E-state index contributed by atoms with van der Waals surface area (Å²) in [5, 5.41) is 2.26. The maximum atomic E-state index is 2.40. The normalized spacial score (nSPS) is 19.4. The van der Waals surface area contributed by atoms with Gasteiger partial charge in [0.2, 0.25) is 0 Å². The minimum Gasteiger partial charge on any atom is -0.148 e. The van der Waals surface area contributed by atoms with Crippen LogP contribution in [0, 0.1) is 11.8 Å². The van der Waals surface area contributed by atoms with E-state index in [9.17, 15) is 0 Å². The highest BCUT2D eigenvalue weighted by atomic mass is 32.1. The molecule has 1 heteroatoms. The largest absolute Gasteiger partial charge is 0.148 e. The summed E-state index contributed by atoms with van der Waals surface area (Å²) in [4.78, 5) is 1.58. The fraction of sp³-hybridized carbons (Fsp3) is 0.412. The summed E-state index contributed by atoms with van der Waals surface area (Å²) >= 11 is 1.92. The standard InChI is InChI=1S/C17H20S/c1-11(2)12(3)17-14-7-5-4-6-13(14)10-16-15(17)8-9-18-16/h4-9,11-12,17H,10H2,1-3H3. The van der Waals surface area contributed by atoms with Gasteiger partial charge in [0.15, 0.2) is 0 Å². The van der Waals surface area contributed by atoms with Crippen LogP contribution in [0.5, 0.6) is 0 Å². The zero-order chi connectivity index (χ0) is 12.7. The van der Waals surface area contributed by atoms with Crippen molar-refractivity contribution in [2.45, 2.75) is 33.1 Å². The molecule has 0 bridgehead atoms. The highest BCUT2D eigenvalue weighted by Crippen LogP contribution is 2.44.